The predicted octanol–water partition coefficient (Wildman–Crippen LogP) is 1.41. The lowest BCUT2D eigenvalue weighted by atomic mass is 10.1. The first-order chi connectivity index (χ1) is 10.3. The normalized spacial score (nSPS) is 10.9. The Bertz CT molecular complexity index is 344. The fourth-order valence-electron chi connectivity index (χ4n) is 1.81. The number of unbranched alkanes of at least 4 members (excludes halogenated alkanes) is 8. The number of nitrogens with one attached hydrogen (secondary N) is 1. The molecule has 0 fully saturated rings. The topological polar surface area (TPSA) is 109 Å². The van der Waals surface area contributed by atoms with E-state index in [4.69, 9.17) is 0 Å². The van der Waals surface area contributed by atoms with Gasteiger partial charge in [-0.1, -0.05) is 58.3 Å². The van der Waals surface area contributed by atoms with Gasteiger partial charge < -0.3 is 19.8 Å². The van der Waals surface area contributed by atoms with Crippen molar-refractivity contribution < 1.29 is 22.9 Å². The number of carboxylic acid groups (broad SMARTS) is 1. The monoisotopic (exact) mass is 337 g/mol. The zero-order valence-electron chi connectivity index (χ0n) is 13.9. The van der Waals surface area contributed by atoms with Gasteiger partial charge in [-0.15, -0.1) is 0 Å². The molecule has 0 rings (SSSR count). The lowest BCUT2D eigenvalue weighted by Gasteiger charge is -2.03. The molecule has 0 aliphatic carbocycles. The van der Waals surface area contributed by atoms with Crippen molar-refractivity contribution in [1.29, 1.82) is 0 Å². The third kappa shape index (κ3) is 27.6. The molecule has 6 nitrogen and oxygen atoms in total. The third-order valence-electron chi connectivity index (χ3n) is 3.09. The summed E-state index contributed by atoms with van der Waals surface area (Å²) < 4.78 is 29.4. The van der Waals surface area contributed by atoms with E-state index in [0.29, 0.717) is 0 Å². The molecule has 134 valence electrons. The molecule has 1 N–H and O–H groups in total. The fraction of sp³-hybridized carbons (Fsp3) is 0.933. The molecule has 0 radical (unpaired) electrons. The quantitative estimate of drug-likeness (QED) is 0.402. The van der Waals surface area contributed by atoms with E-state index >= 15 is 0 Å². The van der Waals surface area contributed by atoms with Gasteiger partial charge in [-0.25, -0.2) is 8.42 Å². The highest BCUT2D eigenvalue weighted by atomic mass is 32.2. The summed E-state index contributed by atoms with van der Waals surface area (Å²) in [7, 11) is -2.41. The van der Waals surface area contributed by atoms with Gasteiger partial charge in [0.25, 0.3) is 0 Å². The van der Waals surface area contributed by atoms with Gasteiger partial charge in [0, 0.05) is 12.5 Å². The van der Waals surface area contributed by atoms with E-state index in [1.165, 1.54) is 44.9 Å². The summed E-state index contributed by atoms with van der Waals surface area (Å²) in [5, 5.41) is 12.6. The molecule has 22 heavy (non-hydrogen) atoms. The van der Waals surface area contributed by atoms with Crippen molar-refractivity contribution in [2.24, 2.45) is 0 Å². The number of aliphatic carboxylic acids is 1. The molecule has 0 aliphatic heterocycles. The van der Waals surface area contributed by atoms with E-state index < -0.39 is 16.1 Å². The summed E-state index contributed by atoms with van der Waals surface area (Å²) in [6.07, 6.45) is 11.2. The second-order valence-electron chi connectivity index (χ2n) is 5.32. The molecule has 0 aromatic carbocycles. The van der Waals surface area contributed by atoms with Crippen molar-refractivity contribution in [3.63, 3.8) is 0 Å². The van der Waals surface area contributed by atoms with Crippen molar-refractivity contribution in [2.45, 2.75) is 71.1 Å². The Morgan fingerprint density at radius 2 is 1.41 bits per heavy atom. The van der Waals surface area contributed by atoms with E-state index in [2.05, 4.69) is 12.2 Å². The average Bonchev–Trinajstić information content (AvgIpc) is 2.43. The lowest BCUT2D eigenvalue weighted by molar-refractivity contribution is -0.305. The van der Waals surface area contributed by atoms with Crippen LogP contribution in [0.1, 0.15) is 71.1 Å². The molecule has 0 saturated heterocycles. The Hall–Kier alpha value is -0.660. The van der Waals surface area contributed by atoms with Crippen LogP contribution in [-0.4, -0.2) is 38.3 Å². The van der Waals surface area contributed by atoms with Crippen LogP contribution in [0, 0.1) is 0 Å². The summed E-state index contributed by atoms with van der Waals surface area (Å²) >= 11 is 0. The minimum absolute atomic E-state index is 0.228. The number of carbonyl (C=O) groups excluding carboxylic acids is 1. The lowest BCUT2D eigenvalue weighted by Crippen LogP contribution is -2.21. The van der Waals surface area contributed by atoms with E-state index in [0.717, 1.165) is 12.8 Å². The Morgan fingerprint density at radius 1 is 0.955 bits per heavy atom. The molecule has 0 saturated carbocycles. The van der Waals surface area contributed by atoms with Crippen LogP contribution in [0.2, 0.25) is 0 Å². The molecular weight excluding hydrogens is 306 g/mol. The maximum absolute atomic E-state index is 10.1. The van der Waals surface area contributed by atoms with Crippen LogP contribution < -0.4 is 10.4 Å². The first-order valence-corrected chi connectivity index (χ1v) is 9.69. The number of hydrogen-bond acceptors (Lipinski definition) is 6. The smallest absolute Gasteiger partial charge is 0.0958 e. The first kappa shape index (κ1) is 23.6. The Balaban J connectivity index is 0. The summed E-state index contributed by atoms with van der Waals surface area (Å²) in [5.41, 5.74) is 0. The van der Waals surface area contributed by atoms with Crippen molar-refractivity contribution in [1.82, 2.24) is 5.32 Å². The average molecular weight is 337 g/mol. The standard InChI is InChI=1S/C12H24O2.C3H9NO3S/c1-2-3-4-5-6-7-8-9-10-11-12(13)14;1-4-2-3-8(5,6)7/h2-11H2,1H3,(H,13,14);4H,2-3H2,1H3,(H,5,6,7)/p-2. The predicted molar refractivity (Wildman–Crippen MR) is 85.3 cm³/mol. The summed E-state index contributed by atoms with van der Waals surface area (Å²) in [4.78, 5) is 10.1. The molecule has 7 heteroatoms. The maximum Gasteiger partial charge on any atom is 0.0958 e. The van der Waals surface area contributed by atoms with Crippen LogP contribution in [0.4, 0.5) is 0 Å². The summed E-state index contributed by atoms with van der Waals surface area (Å²) in [6, 6.07) is 0. The van der Waals surface area contributed by atoms with Crippen LogP contribution in [0.3, 0.4) is 0 Å². The van der Waals surface area contributed by atoms with Gasteiger partial charge in [0.2, 0.25) is 0 Å². The molecule has 0 atom stereocenters. The van der Waals surface area contributed by atoms with Gasteiger partial charge >= 0.3 is 0 Å². The van der Waals surface area contributed by atoms with Gasteiger partial charge in [-0.3, -0.25) is 0 Å². The second kappa shape index (κ2) is 16.7. The molecule has 0 unspecified atom stereocenters. The van der Waals surface area contributed by atoms with E-state index in [1.54, 1.807) is 7.05 Å². The number of hydrogen-bond donors (Lipinski definition) is 1. The third-order valence-corrected chi connectivity index (χ3v) is 3.79. The van der Waals surface area contributed by atoms with Crippen LogP contribution in [-0.2, 0) is 14.9 Å². The van der Waals surface area contributed by atoms with E-state index in [-0.39, 0.29) is 18.7 Å². The first-order valence-electron chi connectivity index (χ1n) is 8.11. The van der Waals surface area contributed by atoms with Gasteiger partial charge in [0.05, 0.1) is 15.9 Å². The molecule has 0 amide bonds. The highest BCUT2D eigenvalue weighted by Gasteiger charge is 1.92. The number of rotatable bonds is 13. The highest BCUT2D eigenvalue weighted by molar-refractivity contribution is 7.85. The zero-order valence-corrected chi connectivity index (χ0v) is 14.8. The molecule has 0 bridgehead atoms. The molecule has 0 aromatic rings. The SMILES string of the molecule is CCCCCCCCCCCC(=O)[O-].CNCCS(=O)(=O)[O-]. The van der Waals surface area contributed by atoms with Gasteiger partial charge in [0.1, 0.15) is 0 Å². The summed E-state index contributed by atoms with van der Waals surface area (Å²) in [5.74, 6) is -1.24. The van der Waals surface area contributed by atoms with Crippen molar-refractivity contribution in [3.8, 4) is 0 Å². The van der Waals surface area contributed by atoms with Crippen LogP contribution >= 0.6 is 0 Å². The van der Waals surface area contributed by atoms with Gasteiger partial charge in [0.15, 0.2) is 0 Å². The van der Waals surface area contributed by atoms with Crippen molar-refractivity contribution in [3.05, 3.63) is 0 Å². The van der Waals surface area contributed by atoms with E-state index in [9.17, 15) is 22.9 Å². The maximum atomic E-state index is 10.1. The second-order valence-corrected chi connectivity index (χ2v) is 6.84. The molecular formula is C15H31NO5S-2. The van der Waals surface area contributed by atoms with Gasteiger partial charge in [-0.2, -0.15) is 0 Å². The minimum Gasteiger partial charge on any atom is -0.748 e. The van der Waals surface area contributed by atoms with Crippen LogP contribution in [0.5, 0.6) is 0 Å². The molecule has 0 aliphatic rings. The summed E-state index contributed by atoms with van der Waals surface area (Å²) in [6.45, 7) is 2.45. The highest BCUT2D eigenvalue weighted by Crippen LogP contribution is 2.10. The van der Waals surface area contributed by atoms with Gasteiger partial charge in [-0.05, 0) is 19.9 Å². The molecule has 0 heterocycles. The molecule has 0 spiro atoms. The van der Waals surface area contributed by atoms with Crippen molar-refractivity contribution in [2.75, 3.05) is 19.3 Å². The Kier molecular flexibility index (Phi) is 17.9. The number of carbonyl (C=O) groups is 1. The Labute approximate surface area is 135 Å². The van der Waals surface area contributed by atoms with E-state index in [1.807, 2.05) is 0 Å². The Morgan fingerprint density at radius 3 is 1.73 bits per heavy atom. The van der Waals surface area contributed by atoms with Crippen molar-refractivity contribution >= 4 is 16.1 Å². The van der Waals surface area contributed by atoms with Crippen LogP contribution in [0.25, 0.3) is 0 Å². The molecule has 0 aromatic heterocycles. The minimum atomic E-state index is -4.00. The zero-order chi connectivity index (χ0) is 17.3. The largest absolute Gasteiger partial charge is 0.748 e. The van der Waals surface area contributed by atoms with Crippen LogP contribution in [0.15, 0.2) is 0 Å². The number of carboxylic acids is 1. The fourth-order valence-corrected chi connectivity index (χ4v) is 2.26.